The minimum absolute atomic E-state index is 0.210. The molecule has 4 nitrogen and oxygen atoms in total. The van der Waals surface area contributed by atoms with Gasteiger partial charge in [-0.1, -0.05) is 6.92 Å². The van der Waals surface area contributed by atoms with Crippen LogP contribution in [0.25, 0.3) is 11.0 Å². The van der Waals surface area contributed by atoms with Gasteiger partial charge in [-0.3, -0.25) is 14.4 Å². The Balaban J connectivity index is 2.02. The first kappa shape index (κ1) is 17.6. The van der Waals surface area contributed by atoms with Crippen LogP contribution in [0.15, 0.2) is 16.7 Å². The molecule has 132 valence electrons. The number of aryl methyl sites for hydroxylation is 1. The van der Waals surface area contributed by atoms with Gasteiger partial charge in [0, 0.05) is 36.1 Å². The summed E-state index contributed by atoms with van der Waals surface area (Å²) in [7, 11) is 0. The summed E-state index contributed by atoms with van der Waals surface area (Å²) in [4.78, 5) is 37.3. The SMILES string of the molecule is CCCC(=O)C1C(=O)CC(c2c(C)c(C)c(C)c3ccoc23)CC1=O. The first-order valence-electron chi connectivity index (χ1n) is 8.91. The lowest BCUT2D eigenvalue weighted by atomic mass is 9.73. The van der Waals surface area contributed by atoms with Gasteiger partial charge in [0.25, 0.3) is 0 Å². The topological polar surface area (TPSA) is 64.3 Å². The highest BCUT2D eigenvalue weighted by molar-refractivity contribution is 6.21. The Morgan fingerprint density at radius 2 is 1.72 bits per heavy atom. The number of ketones is 3. The molecule has 0 saturated heterocycles. The maximum absolute atomic E-state index is 12.6. The van der Waals surface area contributed by atoms with Gasteiger partial charge in [0.1, 0.15) is 11.5 Å². The molecule has 1 aromatic carbocycles. The molecular formula is C21H24O4. The van der Waals surface area contributed by atoms with Crippen molar-refractivity contribution in [3.8, 4) is 0 Å². The van der Waals surface area contributed by atoms with E-state index < -0.39 is 5.92 Å². The van der Waals surface area contributed by atoms with Crippen molar-refractivity contribution >= 4 is 28.3 Å². The number of carbonyl (C=O) groups excluding carboxylic acids is 3. The minimum atomic E-state index is -1.05. The Morgan fingerprint density at radius 3 is 2.32 bits per heavy atom. The van der Waals surface area contributed by atoms with Gasteiger partial charge in [-0.05, 0) is 49.9 Å². The van der Waals surface area contributed by atoms with Crippen LogP contribution in [0.1, 0.15) is 60.8 Å². The molecule has 1 heterocycles. The second kappa shape index (κ2) is 6.58. The predicted octanol–water partition coefficient (Wildman–Crippen LogP) is 4.36. The van der Waals surface area contributed by atoms with Crippen LogP contribution in [0.4, 0.5) is 0 Å². The Kier molecular flexibility index (Phi) is 4.63. The van der Waals surface area contributed by atoms with E-state index in [4.69, 9.17) is 4.42 Å². The van der Waals surface area contributed by atoms with E-state index in [0.29, 0.717) is 6.42 Å². The van der Waals surface area contributed by atoms with Crippen LogP contribution in [0.2, 0.25) is 0 Å². The maximum atomic E-state index is 12.6. The summed E-state index contributed by atoms with van der Waals surface area (Å²) < 4.78 is 5.71. The number of fused-ring (bicyclic) bond motifs is 1. The van der Waals surface area contributed by atoms with Crippen molar-refractivity contribution < 1.29 is 18.8 Å². The van der Waals surface area contributed by atoms with Gasteiger partial charge in [0.15, 0.2) is 17.3 Å². The van der Waals surface area contributed by atoms with Crippen LogP contribution in [-0.4, -0.2) is 17.3 Å². The van der Waals surface area contributed by atoms with E-state index >= 15 is 0 Å². The predicted molar refractivity (Wildman–Crippen MR) is 95.8 cm³/mol. The minimum Gasteiger partial charge on any atom is -0.464 e. The second-order valence-corrected chi connectivity index (χ2v) is 7.14. The fourth-order valence-corrected chi connectivity index (χ4v) is 4.09. The average Bonchev–Trinajstić information content (AvgIpc) is 3.02. The van der Waals surface area contributed by atoms with Crippen molar-refractivity contribution in [2.75, 3.05) is 0 Å². The molecule has 0 atom stereocenters. The average molecular weight is 340 g/mol. The Labute approximate surface area is 147 Å². The highest BCUT2D eigenvalue weighted by Gasteiger charge is 2.41. The smallest absolute Gasteiger partial charge is 0.151 e. The molecule has 0 amide bonds. The van der Waals surface area contributed by atoms with Crippen LogP contribution >= 0.6 is 0 Å². The standard InChI is InChI=1S/C21H24O4/c1-5-6-16(22)20-17(23)9-14(10-18(20)24)19-13(4)11(2)12(3)15-7-8-25-21(15)19/h7-8,14,20H,5-6,9-10H2,1-4H3. The van der Waals surface area contributed by atoms with Crippen LogP contribution in [-0.2, 0) is 14.4 Å². The summed E-state index contributed by atoms with van der Waals surface area (Å²) in [6.45, 7) is 8.01. The lowest BCUT2D eigenvalue weighted by molar-refractivity contribution is -0.142. The summed E-state index contributed by atoms with van der Waals surface area (Å²) in [6.07, 6.45) is 3.05. The van der Waals surface area contributed by atoms with E-state index in [-0.39, 0.29) is 42.5 Å². The fraction of sp³-hybridized carbons (Fsp3) is 0.476. The van der Waals surface area contributed by atoms with E-state index in [9.17, 15) is 14.4 Å². The molecule has 0 bridgehead atoms. The van der Waals surface area contributed by atoms with Crippen molar-refractivity contribution in [2.24, 2.45) is 5.92 Å². The number of furan rings is 1. The van der Waals surface area contributed by atoms with E-state index in [1.807, 2.05) is 19.9 Å². The normalized spacial score (nSPS) is 21.1. The molecule has 1 fully saturated rings. The number of hydrogen-bond acceptors (Lipinski definition) is 4. The van der Waals surface area contributed by atoms with Crippen molar-refractivity contribution in [3.63, 3.8) is 0 Å². The monoisotopic (exact) mass is 340 g/mol. The maximum Gasteiger partial charge on any atom is 0.151 e. The summed E-state index contributed by atoms with van der Waals surface area (Å²) in [5.41, 5.74) is 5.11. The summed E-state index contributed by atoms with van der Waals surface area (Å²) in [5.74, 6) is -1.96. The summed E-state index contributed by atoms with van der Waals surface area (Å²) in [6, 6.07) is 1.93. The van der Waals surface area contributed by atoms with Gasteiger partial charge in [0.05, 0.1) is 6.26 Å². The summed E-state index contributed by atoms with van der Waals surface area (Å²) in [5, 5.41) is 1.03. The largest absolute Gasteiger partial charge is 0.464 e. The van der Waals surface area contributed by atoms with Crippen molar-refractivity contribution in [2.45, 2.75) is 59.3 Å². The van der Waals surface area contributed by atoms with E-state index in [1.54, 1.807) is 6.26 Å². The molecule has 1 aliphatic carbocycles. The first-order chi connectivity index (χ1) is 11.9. The number of Topliss-reactive ketones (excluding diaryl/α,β-unsaturated/α-hetero) is 3. The molecular weight excluding hydrogens is 316 g/mol. The Morgan fingerprint density at radius 1 is 1.08 bits per heavy atom. The number of carbonyl (C=O) groups is 3. The zero-order valence-electron chi connectivity index (χ0n) is 15.3. The fourth-order valence-electron chi connectivity index (χ4n) is 4.09. The molecule has 1 aromatic heterocycles. The van der Waals surface area contributed by atoms with E-state index in [0.717, 1.165) is 33.2 Å². The van der Waals surface area contributed by atoms with Crippen LogP contribution in [0.5, 0.6) is 0 Å². The number of hydrogen-bond donors (Lipinski definition) is 0. The van der Waals surface area contributed by atoms with E-state index in [1.165, 1.54) is 0 Å². The molecule has 0 N–H and O–H groups in total. The third-order valence-corrected chi connectivity index (χ3v) is 5.61. The number of rotatable bonds is 4. The zero-order chi connectivity index (χ0) is 18.3. The van der Waals surface area contributed by atoms with Crippen molar-refractivity contribution in [1.82, 2.24) is 0 Å². The third-order valence-electron chi connectivity index (χ3n) is 5.61. The number of benzene rings is 1. The van der Waals surface area contributed by atoms with Gasteiger partial charge >= 0.3 is 0 Å². The molecule has 4 heteroatoms. The molecule has 25 heavy (non-hydrogen) atoms. The van der Waals surface area contributed by atoms with Gasteiger partial charge in [-0.2, -0.15) is 0 Å². The Bertz CT molecular complexity index is 854. The van der Waals surface area contributed by atoms with Crippen LogP contribution < -0.4 is 0 Å². The Hall–Kier alpha value is -2.23. The molecule has 1 aliphatic rings. The lowest BCUT2D eigenvalue weighted by Crippen LogP contribution is -2.38. The van der Waals surface area contributed by atoms with Crippen LogP contribution in [0.3, 0.4) is 0 Å². The second-order valence-electron chi connectivity index (χ2n) is 7.14. The molecule has 0 aliphatic heterocycles. The molecule has 3 rings (SSSR count). The third kappa shape index (κ3) is 2.84. The van der Waals surface area contributed by atoms with Gasteiger partial charge in [-0.15, -0.1) is 0 Å². The highest BCUT2D eigenvalue weighted by Crippen LogP contribution is 2.40. The summed E-state index contributed by atoms with van der Waals surface area (Å²) >= 11 is 0. The molecule has 1 saturated carbocycles. The molecule has 2 aromatic rings. The highest BCUT2D eigenvalue weighted by atomic mass is 16.3. The first-order valence-corrected chi connectivity index (χ1v) is 8.91. The van der Waals surface area contributed by atoms with E-state index in [2.05, 4.69) is 13.8 Å². The van der Waals surface area contributed by atoms with Gasteiger partial charge in [-0.25, -0.2) is 0 Å². The van der Waals surface area contributed by atoms with Gasteiger partial charge < -0.3 is 4.42 Å². The quantitative estimate of drug-likeness (QED) is 0.776. The van der Waals surface area contributed by atoms with Crippen molar-refractivity contribution in [3.05, 3.63) is 34.6 Å². The molecule has 0 unspecified atom stereocenters. The molecule has 0 radical (unpaired) electrons. The van der Waals surface area contributed by atoms with Crippen molar-refractivity contribution in [1.29, 1.82) is 0 Å². The molecule has 0 spiro atoms. The van der Waals surface area contributed by atoms with Gasteiger partial charge in [0.2, 0.25) is 0 Å². The zero-order valence-corrected chi connectivity index (χ0v) is 15.3. The van der Waals surface area contributed by atoms with Crippen LogP contribution in [0, 0.1) is 26.7 Å². The lowest BCUT2D eigenvalue weighted by Gasteiger charge is -2.28.